The minimum Gasteiger partial charge on any atom is -0.462 e. The second-order valence-corrected chi connectivity index (χ2v) is 8.16. The highest BCUT2D eigenvalue weighted by Gasteiger charge is 2.43. The number of ether oxygens (including phenoxy) is 1. The second-order valence-electron chi connectivity index (χ2n) is 7.05. The van der Waals surface area contributed by atoms with Crippen molar-refractivity contribution in [2.45, 2.75) is 51.9 Å². The standard InChI is InChI=1S/C18H23NO3S/c1-2-22-18(21)15-12-4-3-5-14(12)23-17(15)19-16(20)13-9-10-6-7-11(13)8-10/h10-11,13H,2-9H2,1H3,(H,19,20)/t10-,11+,13+/m1/s1. The van der Waals surface area contributed by atoms with Gasteiger partial charge in [-0.1, -0.05) is 6.42 Å². The summed E-state index contributed by atoms with van der Waals surface area (Å²) in [5, 5.41) is 3.81. The van der Waals surface area contributed by atoms with Crippen molar-refractivity contribution in [2.24, 2.45) is 17.8 Å². The summed E-state index contributed by atoms with van der Waals surface area (Å²) in [5.74, 6) is 1.27. The lowest BCUT2D eigenvalue weighted by Crippen LogP contribution is -2.27. The summed E-state index contributed by atoms with van der Waals surface area (Å²) < 4.78 is 5.23. The van der Waals surface area contributed by atoms with E-state index in [0.717, 1.165) is 42.2 Å². The van der Waals surface area contributed by atoms with Crippen molar-refractivity contribution in [1.29, 1.82) is 0 Å². The largest absolute Gasteiger partial charge is 0.462 e. The molecule has 1 N–H and O–H groups in total. The fourth-order valence-electron chi connectivity index (χ4n) is 4.68. The summed E-state index contributed by atoms with van der Waals surface area (Å²) in [7, 11) is 0. The van der Waals surface area contributed by atoms with Crippen LogP contribution in [0.5, 0.6) is 0 Å². The van der Waals surface area contributed by atoms with Gasteiger partial charge in [0, 0.05) is 10.8 Å². The van der Waals surface area contributed by atoms with Gasteiger partial charge in [0.05, 0.1) is 12.2 Å². The Morgan fingerprint density at radius 1 is 1.26 bits per heavy atom. The fraction of sp³-hybridized carbons (Fsp3) is 0.667. The molecule has 0 aliphatic heterocycles. The molecule has 1 heterocycles. The van der Waals surface area contributed by atoms with E-state index in [0.29, 0.717) is 18.1 Å². The van der Waals surface area contributed by atoms with Crippen molar-refractivity contribution in [1.82, 2.24) is 0 Å². The van der Waals surface area contributed by atoms with Crippen LogP contribution in [0, 0.1) is 17.8 Å². The first-order valence-corrected chi connectivity index (χ1v) is 9.61. The highest BCUT2D eigenvalue weighted by Crippen LogP contribution is 2.49. The summed E-state index contributed by atoms with van der Waals surface area (Å²) in [5.41, 5.74) is 1.73. The molecule has 0 spiro atoms. The van der Waals surface area contributed by atoms with Crippen LogP contribution >= 0.6 is 11.3 Å². The van der Waals surface area contributed by atoms with E-state index in [1.54, 1.807) is 11.3 Å². The lowest BCUT2D eigenvalue weighted by Gasteiger charge is -2.20. The molecule has 0 unspecified atom stereocenters. The topological polar surface area (TPSA) is 55.4 Å². The minimum atomic E-state index is -0.282. The number of thiophene rings is 1. The van der Waals surface area contributed by atoms with Crippen LogP contribution in [0.3, 0.4) is 0 Å². The van der Waals surface area contributed by atoms with Crippen molar-refractivity contribution in [3.8, 4) is 0 Å². The highest BCUT2D eigenvalue weighted by atomic mass is 32.1. The van der Waals surface area contributed by atoms with Gasteiger partial charge in [0.2, 0.25) is 5.91 Å². The molecule has 3 aliphatic carbocycles. The Morgan fingerprint density at radius 3 is 2.83 bits per heavy atom. The first-order chi connectivity index (χ1) is 11.2. The zero-order valence-corrected chi connectivity index (χ0v) is 14.3. The second kappa shape index (κ2) is 5.93. The number of esters is 1. The molecule has 2 saturated carbocycles. The molecule has 2 bridgehead atoms. The molecule has 1 aromatic heterocycles. The normalized spacial score (nSPS) is 28.0. The molecular weight excluding hydrogens is 310 g/mol. The van der Waals surface area contributed by atoms with Crippen LogP contribution in [0.25, 0.3) is 0 Å². The number of hydrogen-bond donors (Lipinski definition) is 1. The van der Waals surface area contributed by atoms with Crippen LogP contribution in [0.1, 0.15) is 59.8 Å². The number of nitrogens with one attached hydrogen (secondary N) is 1. The smallest absolute Gasteiger partial charge is 0.341 e. The van der Waals surface area contributed by atoms with Gasteiger partial charge in [-0.2, -0.15) is 0 Å². The molecular formula is C18H23NO3S. The molecule has 23 heavy (non-hydrogen) atoms. The molecule has 124 valence electrons. The maximum absolute atomic E-state index is 12.7. The molecule has 0 radical (unpaired) electrons. The Balaban J connectivity index is 1.56. The predicted octanol–water partition coefficient (Wildman–Crippen LogP) is 3.79. The molecule has 3 aliphatic rings. The number of hydrogen-bond acceptors (Lipinski definition) is 4. The van der Waals surface area contributed by atoms with E-state index in [1.165, 1.54) is 24.1 Å². The summed E-state index contributed by atoms with van der Waals surface area (Å²) in [6.45, 7) is 2.18. The molecule has 3 atom stereocenters. The van der Waals surface area contributed by atoms with E-state index in [1.807, 2.05) is 6.92 Å². The summed E-state index contributed by atoms with van der Waals surface area (Å²) in [6.07, 6.45) is 7.74. The Labute approximate surface area is 140 Å². The van der Waals surface area contributed by atoms with Crippen LogP contribution in [0.4, 0.5) is 5.00 Å². The van der Waals surface area contributed by atoms with E-state index >= 15 is 0 Å². The van der Waals surface area contributed by atoms with E-state index in [9.17, 15) is 9.59 Å². The van der Waals surface area contributed by atoms with Gasteiger partial charge in [0.1, 0.15) is 5.00 Å². The lowest BCUT2D eigenvalue weighted by molar-refractivity contribution is -0.121. The van der Waals surface area contributed by atoms with E-state index < -0.39 is 0 Å². The van der Waals surface area contributed by atoms with Gasteiger partial charge in [0.25, 0.3) is 0 Å². The van der Waals surface area contributed by atoms with Gasteiger partial charge < -0.3 is 10.1 Å². The Bertz CT molecular complexity index is 651. The third-order valence-electron chi connectivity index (χ3n) is 5.71. The van der Waals surface area contributed by atoms with Gasteiger partial charge >= 0.3 is 5.97 Å². The predicted molar refractivity (Wildman–Crippen MR) is 89.9 cm³/mol. The van der Waals surface area contributed by atoms with E-state index in [-0.39, 0.29) is 17.8 Å². The maximum atomic E-state index is 12.7. The molecule has 4 nitrogen and oxygen atoms in total. The molecule has 5 heteroatoms. The third-order valence-corrected chi connectivity index (χ3v) is 6.92. The van der Waals surface area contributed by atoms with Gasteiger partial charge in [-0.3, -0.25) is 4.79 Å². The first kappa shape index (κ1) is 15.2. The van der Waals surface area contributed by atoms with Crippen molar-refractivity contribution in [3.63, 3.8) is 0 Å². The van der Waals surface area contributed by atoms with Crippen molar-refractivity contribution >= 4 is 28.2 Å². The quantitative estimate of drug-likeness (QED) is 0.853. The van der Waals surface area contributed by atoms with Crippen molar-refractivity contribution < 1.29 is 14.3 Å². The zero-order chi connectivity index (χ0) is 16.0. The summed E-state index contributed by atoms with van der Waals surface area (Å²) >= 11 is 1.58. The number of amides is 1. The van der Waals surface area contributed by atoms with Gasteiger partial charge in [-0.15, -0.1) is 11.3 Å². The lowest BCUT2D eigenvalue weighted by atomic mass is 9.88. The molecule has 1 amide bonds. The van der Waals surface area contributed by atoms with Crippen LogP contribution < -0.4 is 5.32 Å². The van der Waals surface area contributed by atoms with Gasteiger partial charge in [0.15, 0.2) is 0 Å². The number of carbonyl (C=O) groups excluding carboxylic acids is 2. The zero-order valence-electron chi connectivity index (χ0n) is 13.5. The number of rotatable bonds is 4. The van der Waals surface area contributed by atoms with Crippen LogP contribution in [0.15, 0.2) is 0 Å². The number of anilines is 1. The van der Waals surface area contributed by atoms with Crippen molar-refractivity contribution in [3.05, 3.63) is 16.0 Å². The van der Waals surface area contributed by atoms with E-state index in [2.05, 4.69) is 5.32 Å². The molecule has 2 fully saturated rings. The minimum absolute atomic E-state index is 0.114. The van der Waals surface area contributed by atoms with Crippen molar-refractivity contribution in [2.75, 3.05) is 11.9 Å². The Kier molecular flexibility index (Phi) is 3.92. The number of carbonyl (C=O) groups is 2. The van der Waals surface area contributed by atoms with E-state index in [4.69, 9.17) is 4.74 Å². The number of aryl methyl sites for hydroxylation is 1. The molecule has 4 rings (SSSR count). The molecule has 0 saturated heterocycles. The first-order valence-electron chi connectivity index (χ1n) is 8.80. The number of fused-ring (bicyclic) bond motifs is 3. The van der Waals surface area contributed by atoms with Crippen LogP contribution in [-0.4, -0.2) is 18.5 Å². The maximum Gasteiger partial charge on any atom is 0.341 e. The molecule has 1 aromatic rings. The average Bonchev–Trinajstić information content (AvgIpc) is 3.27. The third kappa shape index (κ3) is 2.59. The average molecular weight is 333 g/mol. The summed E-state index contributed by atoms with van der Waals surface area (Å²) in [4.78, 5) is 26.3. The van der Waals surface area contributed by atoms with Gasteiger partial charge in [-0.25, -0.2) is 4.79 Å². The monoisotopic (exact) mass is 333 g/mol. The highest BCUT2D eigenvalue weighted by molar-refractivity contribution is 7.17. The molecule has 0 aromatic carbocycles. The van der Waals surface area contributed by atoms with Crippen LogP contribution in [0.2, 0.25) is 0 Å². The Morgan fingerprint density at radius 2 is 2.13 bits per heavy atom. The SMILES string of the molecule is CCOC(=O)c1c(NC(=O)[C@H]2C[C@@H]3CC[C@H]2C3)sc2c1CCC2. The Hall–Kier alpha value is -1.36. The summed E-state index contributed by atoms with van der Waals surface area (Å²) in [6, 6.07) is 0. The fourth-order valence-corrected chi connectivity index (χ4v) is 5.96. The van der Waals surface area contributed by atoms with Crippen LogP contribution in [-0.2, 0) is 22.4 Å². The van der Waals surface area contributed by atoms with Gasteiger partial charge in [-0.05, 0) is 62.8 Å².